The van der Waals surface area contributed by atoms with Crippen molar-refractivity contribution in [3.8, 4) is 11.5 Å². The highest BCUT2D eigenvalue weighted by Gasteiger charge is 2.11. The van der Waals surface area contributed by atoms with Crippen molar-refractivity contribution >= 4 is 11.6 Å². The van der Waals surface area contributed by atoms with E-state index in [1.807, 2.05) is 18.2 Å². The smallest absolute Gasteiger partial charge is 0.210 e. The van der Waals surface area contributed by atoms with Gasteiger partial charge in [-0.15, -0.1) is 0 Å². The van der Waals surface area contributed by atoms with Crippen LogP contribution in [-0.4, -0.2) is 39.4 Å². The quantitative estimate of drug-likeness (QED) is 0.248. The third-order valence-corrected chi connectivity index (χ3v) is 2.71. The van der Waals surface area contributed by atoms with Crippen LogP contribution in [0.3, 0.4) is 0 Å². The highest BCUT2D eigenvalue weighted by atomic mass is 16.5. The molecule has 0 saturated carbocycles. The Labute approximate surface area is 118 Å². The molecule has 0 saturated heterocycles. The molecule has 0 aromatic heterocycles. The molecular formula is C13H20N4O3. The lowest BCUT2D eigenvalue weighted by Crippen LogP contribution is -2.36. The minimum Gasteiger partial charge on any atom is -0.490 e. The van der Waals surface area contributed by atoms with Crippen molar-refractivity contribution < 1.29 is 14.2 Å². The summed E-state index contributed by atoms with van der Waals surface area (Å²) in [6.45, 7) is 2.38. The number of rotatable bonds is 4. The van der Waals surface area contributed by atoms with E-state index >= 15 is 0 Å². The van der Waals surface area contributed by atoms with Gasteiger partial charge < -0.3 is 19.5 Å². The van der Waals surface area contributed by atoms with Crippen molar-refractivity contribution in [2.75, 3.05) is 38.8 Å². The number of guanidine groups is 1. The molecule has 0 aliphatic carbocycles. The molecule has 4 N–H and O–H groups in total. The van der Waals surface area contributed by atoms with Crippen LogP contribution < -0.4 is 26.1 Å². The number of nitrogens with two attached hydrogens (primary N) is 1. The Morgan fingerprint density at radius 3 is 2.90 bits per heavy atom. The summed E-state index contributed by atoms with van der Waals surface area (Å²) in [5, 5.41) is 3.08. The zero-order chi connectivity index (χ0) is 14.2. The zero-order valence-corrected chi connectivity index (χ0v) is 11.5. The second-order valence-corrected chi connectivity index (χ2v) is 4.20. The van der Waals surface area contributed by atoms with Crippen LogP contribution in [0.4, 0.5) is 5.69 Å². The minimum absolute atomic E-state index is 0.469. The van der Waals surface area contributed by atoms with Gasteiger partial charge in [0.2, 0.25) is 5.96 Å². The molecule has 0 radical (unpaired) electrons. The monoisotopic (exact) mass is 280 g/mol. The van der Waals surface area contributed by atoms with Crippen molar-refractivity contribution in [2.45, 2.75) is 6.42 Å². The lowest BCUT2D eigenvalue weighted by Gasteiger charge is -2.12. The van der Waals surface area contributed by atoms with E-state index in [4.69, 9.17) is 20.1 Å². The number of hydrazine groups is 1. The number of ether oxygens (including phenoxy) is 3. The van der Waals surface area contributed by atoms with Crippen LogP contribution in [0.1, 0.15) is 6.42 Å². The van der Waals surface area contributed by atoms with Crippen molar-refractivity contribution in [3.63, 3.8) is 0 Å². The van der Waals surface area contributed by atoms with Gasteiger partial charge in [0, 0.05) is 25.3 Å². The second kappa shape index (κ2) is 7.56. The predicted octanol–water partition coefficient (Wildman–Crippen LogP) is 0.725. The third-order valence-electron chi connectivity index (χ3n) is 2.71. The van der Waals surface area contributed by atoms with Crippen LogP contribution in [0.25, 0.3) is 0 Å². The van der Waals surface area contributed by atoms with Crippen molar-refractivity contribution in [3.05, 3.63) is 18.2 Å². The Hall–Kier alpha value is -1.99. The van der Waals surface area contributed by atoms with Crippen molar-refractivity contribution in [2.24, 2.45) is 10.8 Å². The van der Waals surface area contributed by atoms with E-state index < -0.39 is 0 Å². The molecule has 0 spiro atoms. The summed E-state index contributed by atoms with van der Waals surface area (Å²) < 4.78 is 16.1. The van der Waals surface area contributed by atoms with E-state index in [2.05, 4.69) is 15.7 Å². The fourth-order valence-electron chi connectivity index (χ4n) is 1.75. The molecule has 20 heavy (non-hydrogen) atoms. The number of benzene rings is 1. The average Bonchev–Trinajstić information content (AvgIpc) is 2.71. The highest BCUT2D eigenvalue weighted by Crippen LogP contribution is 2.32. The maximum atomic E-state index is 5.63. The van der Waals surface area contributed by atoms with Gasteiger partial charge in [-0.05, 0) is 12.1 Å². The van der Waals surface area contributed by atoms with Gasteiger partial charge in [-0.3, -0.25) is 5.43 Å². The Morgan fingerprint density at radius 2 is 2.15 bits per heavy atom. The number of nitrogens with zero attached hydrogens (tertiary/aromatic N) is 1. The molecule has 7 nitrogen and oxygen atoms in total. The number of aliphatic imine (C=N–C) groups is 1. The topological polar surface area (TPSA) is 90.1 Å². The van der Waals surface area contributed by atoms with E-state index in [1.54, 1.807) is 7.11 Å². The summed E-state index contributed by atoms with van der Waals surface area (Å²) in [4.78, 5) is 4.23. The van der Waals surface area contributed by atoms with E-state index in [-0.39, 0.29) is 0 Å². The fourth-order valence-corrected chi connectivity index (χ4v) is 1.75. The van der Waals surface area contributed by atoms with Gasteiger partial charge in [-0.25, -0.2) is 10.8 Å². The van der Waals surface area contributed by atoms with Crippen LogP contribution in [0, 0.1) is 0 Å². The first-order valence-electron chi connectivity index (χ1n) is 6.50. The summed E-state index contributed by atoms with van der Waals surface area (Å²) >= 11 is 0. The predicted molar refractivity (Wildman–Crippen MR) is 77.2 cm³/mol. The first-order chi connectivity index (χ1) is 9.83. The van der Waals surface area contributed by atoms with E-state index in [9.17, 15) is 0 Å². The lowest BCUT2D eigenvalue weighted by molar-refractivity contribution is 0.208. The largest absolute Gasteiger partial charge is 0.490 e. The number of anilines is 1. The van der Waals surface area contributed by atoms with Gasteiger partial charge in [0.1, 0.15) is 0 Å². The van der Waals surface area contributed by atoms with Crippen molar-refractivity contribution in [1.82, 2.24) is 5.43 Å². The number of fused-ring (bicyclic) bond motifs is 1. The van der Waals surface area contributed by atoms with Crippen LogP contribution in [0.15, 0.2) is 23.2 Å². The Balaban J connectivity index is 2.05. The summed E-state index contributed by atoms with van der Waals surface area (Å²) in [6.07, 6.45) is 0.880. The SMILES string of the molecule is COCCN=C(NN)Nc1ccc2c(c1)OCCCO2. The van der Waals surface area contributed by atoms with Crippen molar-refractivity contribution in [1.29, 1.82) is 0 Å². The lowest BCUT2D eigenvalue weighted by atomic mass is 10.3. The second-order valence-electron chi connectivity index (χ2n) is 4.20. The van der Waals surface area contributed by atoms with E-state index in [0.717, 1.165) is 23.6 Å². The molecule has 7 heteroatoms. The van der Waals surface area contributed by atoms with Gasteiger partial charge >= 0.3 is 0 Å². The molecule has 110 valence electrons. The first kappa shape index (κ1) is 14.4. The maximum absolute atomic E-state index is 5.63. The summed E-state index contributed by atoms with van der Waals surface area (Å²) in [5.41, 5.74) is 3.34. The molecule has 1 aromatic carbocycles. The normalized spacial score (nSPS) is 14.6. The van der Waals surface area contributed by atoms with Gasteiger partial charge in [-0.1, -0.05) is 0 Å². The minimum atomic E-state index is 0.469. The van der Waals surface area contributed by atoms with E-state index in [1.165, 1.54) is 0 Å². The number of methoxy groups -OCH3 is 1. The third kappa shape index (κ3) is 4.01. The van der Waals surface area contributed by atoms with Crippen LogP contribution in [0.5, 0.6) is 11.5 Å². The summed E-state index contributed by atoms with van der Waals surface area (Å²) in [6, 6.07) is 5.62. The number of nitrogens with one attached hydrogen (secondary N) is 2. The zero-order valence-electron chi connectivity index (χ0n) is 11.5. The first-order valence-corrected chi connectivity index (χ1v) is 6.50. The highest BCUT2D eigenvalue weighted by molar-refractivity contribution is 5.93. The Morgan fingerprint density at radius 1 is 1.35 bits per heavy atom. The standard InChI is InChI=1S/C13H20N4O3/c1-18-8-5-15-13(17-14)16-10-3-4-11-12(9-10)20-7-2-6-19-11/h3-4,9H,2,5-8,14H2,1H3,(H2,15,16,17). The molecule has 1 aromatic rings. The maximum Gasteiger partial charge on any atom is 0.210 e. The Bertz CT molecular complexity index is 465. The molecule has 2 rings (SSSR count). The molecule has 0 amide bonds. The van der Waals surface area contributed by atoms with Crippen LogP contribution in [-0.2, 0) is 4.74 Å². The molecule has 0 atom stereocenters. The van der Waals surface area contributed by atoms with Gasteiger partial charge in [0.25, 0.3) is 0 Å². The van der Waals surface area contributed by atoms with Gasteiger partial charge in [-0.2, -0.15) is 0 Å². The summed E-state index contributed by atoms with van der Waals surface area (Å²) in [7, 11) is 1.63. The average molecular weight is 280 g/mol. The molecule has 0 unspecified atom stereocenters. The molecule has 1 heterocycles. The molecule has 1 aliphatic heterocycles. The number of hydrogen-bond acceptors (Lipinski definition) is 5. The fraction of sp³-hybridized carbons (Fsp3) is 0.462. The van der Waals surface area contributed by atoms with Gasteiger partial charge in [0.15, 0.2) is 11.5 Å². The van der Waals surface area contributed by atoms with E-state index in [0.29, 0.717) is 32.3 Å². The van der Waals surface area contributed by atoms with Crippen LogP contribution >= 0.6 is 0 Å². The summed E-state index contributed by atoms with van der Waals surface area (Å²) in [5.74, 6) is 7.37. The Kier molecular flexibility index (Phi) is 5.45. The molecule has 0 bridgehead atoms. The van der Waals surface area contributed by atoms with Crippen LogP contribution in [0.2, 0.25) is 0 Å². The number of hydrogen-bond donors (Lipinski definition) is 3. The van der Waals surface area contributed by atoms with Gasteiger partial charge in [0.05, 0.1) is 26.4 Å². The molecule has 1 aliphatic rings. The molecule has 0 fully saturated rings. The molecular weight excluding hydrogens is 260 g/mol.